The molecule has 1 amide bonds. The van der Waals surface area contributed by atoms with Crippen molar-refractivity contribution in [1.82, 2.24) is 0 Å². The van der Waals surface area contributed by atoms with Crippen molar-refractivity contribution in [1.29, 1.82) is 5.26 Å². The van der Waals surface area contributed by atoms with E-state index in [0.717, 1.165) is 18.2 Å². The first-order valence-corrected chi connectivity index (χ1v) is 5.20. The quantitative estimate of drug-likeness (QED) is 0.651. The number of nitrogens with zero attached hydrogens (tertiary/aromatic N) is 1. The molecule has 0 heterocycles. The molecule has 1 rings (SSSR count). The molecule has 0 saturated carbocycles. The Labute approximate surface area is 114 Å². The maximum atomic E-state index is 12.3. The lowest BCUT2D eigenvalue weighted by atomic mass is 10.1. The van der Waals surface area contributed by atoms with Crippen LogP contribution >= 0.6 is 0 Å². The number of rotatable bonds is 2. The van der Waals surface area contributed by atoms with Crippen LogP contribution in [0.15, 0.2) is 18.2 Å². The standard InChI is InChI=1S/C11H7F6N3O/c12-10(13,14)8(11(15,16)17)9(21)20-7-2-1-6(19)3-5(7)4-18/h1-3,8H,19H2,(H,20,21). The maximum Gasteiger partial charge on any atom is 0.409 e. The number of nitriles is 1. The number of carbonyl (C=O) groups is 1. The lowest BCUT2D eigenvalue weighted by Crippen LogP contribution is -2.45. The molecule has 0 aliphatic carbocycles. The summed E-state index contributed by atoms with van der Waals surface area (Å²) in [6.07, 6.45) is -11.6. The Morgan fingerprint density at radius 3 is 2.14 bits per heavy atom. The van der Waals surface area contributed by atoms with Crippen LogP contribution < -0.4 is 11.1 Å². The molecule has 0 bridgehead atoms. The van der Waals surface area contributed by atoms with E-state index in [0.29, 0.717) is 0 Å². The zero-order valence-electron chi connectivity index (χ0n) is 10.0. The van der Waals surface area contributed by atoms with Crippen molar-refractivity contribution in [2.45, 2.75) is 12.4 Å². The van der Waals surface area contributed by atoms with Gasteiger partial charge in [-0.1, -0.05) is 0 Å². The van der Waals surface area contributed by atoms with Gasteiger partial charge in [0.2, 0.25) is 11.8 Å². The maximum absolute atomic E-state index is 12.3. The van der Waals surface area contributed by atoms with E-state index in [1.807, 2.05) is 0 Å². The molecule has 0 saturated heterocycles. The van der Waals surface area contributed by atoms with Crippen molar-refractivity contribution in [2.75, 3.05) is 11.1 Å². The van der Waals surface area contributed by atoms with Crippen molar-refractivity contribution in [3.63, 3.8) is 0 Å². The molecule has 0 aliphatic heterocycles. The summed E-state index contributed by atoms with van der Waals surface area (Å²) in [5.41, 5.74) is 4.53. The third-order valence-electron chi connectivity index (χ3n) is 2.34. The van der Waals surface area contributed by atoms with Gasteiger partial charge >= 0.3 is 12.4 Å². The third-order valence-corrected chi connectivity index (χ3v) is 2.34. The number of halogens is 6. The van der Waals surface area contributed by atoms with E-state index >= 15 is 0 Å². The molecule has 1 aromatic rings. The summed E-state index contributed by atoms with van der Waals surface area (Å²) < 4.78 is 74.1. The fourth-order valence-electron chi connectivity index (χ4n) is 1.45. The van der Waals surface area contributed by atoms with Gasteiger partial charge in [0.15, 0.2) is 0 Å². The zero-order valence-corrected chi connectivity index (χ0v) is 10.0. The van der Waals surface area contributed by atoms with E-state index < -0.39 is 29.9 Å². The molecular formula is C11H7F6N3O. The fraction of sp³-hybridized carbons (Fsp3) is 0.273. The molecule has 0 atom stereocenters. The first-order valence-electron chi connectivity index (χ1n) is 5.20. The van der Waals surface area contributed by atoms with E-state index in [4.69, 9.17) is 11.0 Å². The van der Waals surface area contributed by atoms with Gasteiger partial charge in [0, 0.05) is 5.69 Å². The molecule has 0 spiro atoms. The van der Waals surface area contributed by atoms with Gasteiger partial charge in [-0.3, -0.25) is 4.79 Å². The molecule has 0 radical (unpaired) electrons. The number of nitrogen functional groups attached to an aromatic ring is 1. The molecule has 0 fully saturated rings. The Bertz CT molecular complexity index is 573. The highest BCUT2D eigenvalue weighted by atomic mass is 19.4. The summed E-state index contributed by atoms with van der Waals surface area (Å²) in [7, 11) is 0. The molecule has 0 aliphatic rings. The summed E-state index contributed by atoms with van der Waals surface area (Å²) in [5, 5.41) is 10.2. The number of hydrogen-bond donors (Lipinski definition) is 2. The van der Waals surface area contributed by atoms with Gasteiger partial charge in [-0.2, -0.15) is 31.6 Å². The highest BCUT2D eigenvalue weighted by Crippen LogP contribution is 2.40. The smallest absolute Gasteiger partial charge is 0.399 e. The van der Waals surface area contributed by atoms with Crippen LogP contribution in [-0.2, 0) is 4.79 Å². The Balaban J connectivity index is 3.12. The van der Waals surface area contributed by atoms with Crippen LogP contribution in [0.1, 0.15) is 5.56 Å². The minimum atomic E-state index is -5.80. The van der Waals surface area contributed by atoms with Crippen LogP contribution in [0.2, 0.25) is 0 Å². The fourth-order valence-corrected chi connectivity index (χ4v) is 1.45. The van der Waals surface area contributed by atoms with Crippen molar-refractivity contribution in [3.05, 3.63) is 23.8 Å². The van der Waals surface area contributed by atoms with Crippen molar-refractivity contribution in [2.24, 2.45) is 5.92 Å². The van der Waals surface area contributed by atoms with Crippen LogP contribution in [0.4, 0.5) is 37.7 Å². The van der Waals surface area contributed by atoms with Gasteiger partial charge < -0.3 is 11.1 Å². The number of anilines is 2. The Hall–Kier alpha value is -2.44. The minimum Gasteiger partial charge on any atom is -0.399 e. The minimum absolute atomic E-state index is 0.0627. The monoisotopic (exact) mass is 311 g/mol. The summed E-state index contributed by atoms with van der Waals surface area (Å²) in [6, 6.07) is 4.56. The molecule has 10 heteroatoms. The molecule has 0 aromatic heterocycles. The Morgan fingerprint density at radius 2 is 1.71 bits per heavy atom. The third kappa shape index (κ3) is 4.01. The largest absolute Gasteiger partial charge is 0.409 e. The number of benzene rings is 1. The molecule has 3 N–H and O–H groups in total. The van der Waals surface area contributed by atoms with E-state index in [1.165, 1.54) is 11.4 Å². The summed E-state index contributed by atoms with van der Waals surface area (Å²) >= 11 is 0. The number of hydrogen-bond acceptors (Lipinski definition) is 3. The van der Waals surface area contributed by atoms with Crippen LogP contribution in [0, 0.1) is 17.2 Å². The predicted molar refractivity (Wildman–Crippen MR) is 59.8 cm³/mol. The predicted octanol–water partition coefficient (Wildman–Crippen LogP) is 2.82. The van der Waals surface area contributed by atoms with Crippen LogP contribution in [-0.4, -0.2) is 18.3 Å². The van der Waals surface area contributed by atoms with E-state index in [2.05, 4.69) is 0 Å². The highest BCUT2D eigenvalue weighted by molar-refractivity contribution is 5.95. The van der Waals surface area contributed by atoms with Gasteiger partial charge in [-0.15, -0.1) is 0 Å². The topological polar surface area (TPSA) is 78.9 Å². The number of amides is 1. The lowest BCUT2D eigenvalue weighted by molar-refractivity contribution is -0.272. The molecule has 0 unspecified atom stereocenters. The number of carbonyl (C=O) groups excluding carboxylic acids is 1. The molecule has 21 heavy (non-hydrogen) atoms. The van der Waals surface area contributed by atoms with Crippen molar-refractivity contribution < 1.29 is 31.1 Å². The average Bonchev–Trinajstić information content (AvgIpc) is 2.27. The molecule has 114 valence electrons. The zero-order chi connectivity index (χ0) is 16.4. The Kier molecular flexibility index (Phi) is 4.36. The second-order valence-corrected chi connectivity index (χ2v) is 3.92. The molecule has 4 nitrogen and oxygen atoms in total. The second-order valence-electron chi connectivity index (χ2n) is 3.92. The van der Waals surface area contributed by atoms with Crippen LogP contribution in [0.3, 0.4) is 0 Å². The average molecular weight is 311 g/mol. The Morgan fingerprint density at radius 1 is 1.19 bits per heavy atom. The lowest BCUT2D eigenvalue weighted by Gasteiger charge is -2.22. The summed E-state index contributed by atoms with van der Waals surface area (Å²) in [6.45, 7) is 0. The van der Waals surface area contributed by atoms with Crippen molar-refractivity contribution in [3.8, 4) is 6.07 Å². The number of alkyl halides is 6. The summed E-state index contributed by atoms with van der Waals surface area (Å²) in [4.78, 5) is 11.3. The normalized spacial score (nSPS) is 12.1. The van der Waals surface area contributed by atoms with E-state index in [1.54, 1.807) is 0 Å². The highest BCUT2D eigenvalue weighted by Gasteiger charge is 2.61. The van der Waals surface area contributed by atoms with Gasteiger partial charge in [0.1, 0.15) is 6.07 Å². The van der Waals surface area contributed by atoms with Crippen LogP contribution in [0.5, 0.6) is 0 Å². The van der Waals surface area contributed by atoms with E-state index in [-0.39, 0.29) is 11.3 Å². The molecule has 1 aromatic carbocycles. The first kappa shape index (κ1) is 16.6. The van der Waals surface area contributed by atoms with E-state index in [9.17, 15) is 31.1 Å². The van der Waals surface area contributed by atoms with Gasteiger partial charge in [0.25, 0.3) is 0 Å². The number of nitrogens with one attached hydrogen (secondary N) is 1. The first-order chi connectivity index (χ1) is 9.46. The SMILES string of the molecule is N#Cc1cc(N)ccc1NC(=O)C(C(F)(F)F)C(F)(F)F. The van der Waals surface area contributed by atoms with Gasteiger partial charge in [0.05, 0.1) is 11.3 Å². The summed E-state index contributed by atoms with van der Waals surface area (Å²) in [5.74, 6) is -6.51. The van der Waals surface area contributed by atoms with Gasteiger partial charge in [-0.05, 0) is 18.2 Å². The van der Waals surface area contributed by atoms with Crippen LogP contribution in [0.25, 0.3) is 0 Å². The second kappa shape index (κ2) is 5.51. The van der Waals surface area contributed by atoms with Gasteiger partial charge in [-0.25, -0.2) is 0 Å². The van der Waals surface area contributed by atoms with Crippen molar-refractivity contribution >= 4 is 17.3 Å². The molecular weight excluding hydrogens is 304 g/mol. The number of nitrogens with two attached hydrogens (primary N) is 1.